The number of carbonyl (C=O) groups excluding carboxylic acids is 2. The molecule has 1 aromatic rings. The molecule has 0 bridgehead atoms. The number of nitrogens with zero attached hydrogens (tertiary/aromatic N) is 2. The predicted molar refractivity (Wildman–Crippen MR) is 117 cm³/mol. The SMILES string of the molecule is CC(C)[C@H](NS(=O)(=O)c1ccc(F)cc1)C(=O)N[C@H](/C=N/NC(=O)CN(C)C)C(C)C. The molecule has 3 N–H and O–H groups in total. The summed E-state index contributed by atoms with van der Waals surface area (Å²) < 4.78 is 40.7. The summed E-state index contributed by atoms with van der Waals surface area (Å²) in [5.74, 6) is -1.83. The lowest BCUT2D eigenvalue weighted by atomic mass is 10.0. The monoisotopic (exact) mass is 457 g/mol. The summed E-state index contributed by atoms with van der Waals surface area (Å²) in [6, 6.07) is 2.74. The third-order valence-electron chi connectivity index (χ3n) is 4.27. The Morgan fingerprint density at radius 3 is 2.16 bits per heavy atom. The number of sulfonamides is 1. The molecule has 0 aliphatic rings. The van der Waals surface area contributed by atoms with Crippen LogP contribution in [0, 0.1) is 17.7 Å². The van der Waals surface area contributed by atoms with Crippen LogP contribution in [-0.4, -0.2) is 64.1 Å². The van der Waals surface area contributed by atoms with Crippen molar-refractivity contribution in [2.24, 2.45) is 16.9 Å². The Labute approximate surface area is 183 Å². The maximum Gasteiger partial charge on any atom is 0.254 e. The number of hydrogen-bond donors (Lipinski definition) is 3. The van der Waals surface area contributed by atoms with Crippen LogP contribution in [0.15, 0.2) is 34.3 Å². The lowest BCUT2D eigenvalue weighted by molar-refractivity contribution is -0.124. The Kier molecular flexibility index (Phi) is 10.2. The van der Waals surface area contributed by atoms with Crippen molar-refractivity contribution in [2.45, 2.75) is 44.7 Å². The number of hydrazone groups is 1. The number of rotatable bonds is 11. The number of likely N-dealkylation sites (N-methyl/N-ethyl adjacent to an activating group) is 1. The Balaban J connectivity index is 2.90. The standard InChI is InChI=1S/C20H32FN5O4S/c1-13(2)17(11-22-24-18(27)12-26(5)6)23-20(28)19(14(3)4)25-31(29,30)16-9-7-15(21)8-10-16/h7-11,13-14,17,19,25H,12H2,1-6H3,(H,23,28)(H,24,27)/b22-11+/t17-,19+/m1/s1. The third-order valence-corrected chi connectivity index (χ3v) is 5.72. The van der Waals surface area contributed by atoms with Crippen LogP contribution in [0.4, 0.5) is 4.39 Å². The summed E-state index contributed by atoms with van der Waals surface area (Å²) in [5, 5.41) is 6.65. The van der Waals surface area contributed by atoms with Gasteiger partial charge in [0.15, 0.2) is 0 Å². The van der Waals surface area contributed by atoms with Crippen LogP contribution in [0.3, 0.4) is 0 Å². The van der Waals surface area contributed by atoms with E-state index in [4.69, 9.17) is 0 Å². The van der Waals surface area contributed by atoms with Crippen LogP contribution in [0.5, 0.6) is 0 Å². The Morgan fingerprint density at radius 1 is 1.10 bits per heavy atom. The predicted octanol–water partition coefficient (Wildman–Crippen LogP) is 0.933. The fourth-order valence-electron chi connectivity index (χ4n) is 2.48. The van der Waals surface area contributed by atoms with Gasteiger partial charge in [0.1, 0.15) is 11.9 Å². The van der Waals surface area contributed by atoms with E-state index in [1.807, 2.05) is 13.8 Å². The van der Waals surface area contributed by atoms with E-state index in [1.165, 1.54) is 6.21 Å². The minimum absolute atomic E-state index is 0.0695. The molecule has 11 heteroatoms. The molecular weight excluding hydrogens is 425 g/mol. The molecule has 2 amide bonds. The Morgan fingerprint density at radius 2 is 1.68 bits per heavy atom. The number of amides is 2. The molecule has 1 rings (SSSR count). The summed E-state index contributed by atoms with van der Waals surface area (Å²) in [4.78, 5) is 26.1. The topological polar surface area (TPSA) is 120 Å². The third kappa shape index (κ3) is 9.11. The summed E-state index contributed by atoms with van der Waals surface area (Å²) in [6.45, 7) is 7.28. The zero-order valence-corrected chi connectivity index (χ0v) is 19.5. The smallest absolute Gasteiger partial charge is 0.254 e. The number of halogens is 1. The fourth-order valence-corrected chi connectivity index (χ4v) is 3.83. The van der Waals surface area contributed by atoms with Gasteiger partial charge in [-0.05, 0) is 50.2 Å². The van der Waals surface area contributed by atoms with Gasteiger partial charge in [0, 0.05) is 6.21 Å². The first-order valence-corrected chi connectivity index (χ1v) is 11.4. The molecule has 0 spiro atoms. The molecule has 0 unspecified atom stereocenters. The van der Waals surface area contributed by atoms with Gasteiger partial charge >= 0.3 is 0 Å². The first-order chi connectivity index (χ1) is 14.3. The van der Waals surface area contributed by atoms with Crippen molar-refractivity contribution in [1.29, 1.82) is 0 Å². The fraction of sp³-hybridized carbons (Fsp3) is 0.550. The maximum absolute atomic E-state index is 13.1. The summed E-state index contributed by atoms with van der Waals surface area (Å²) in [7, 11) is -0.536. The van der Waals surface area contributed by atoms with Gasteiger partial charge in [-0.3, -0.25) is 9.59 Å². The van der Waals surface area contributed by atoms with Gasteiger partial charge in [-0.15, -0.1) is 0 Å². The van der Waals surface area contributed by atoms with Crippen molar-refractivity contribution in [1.82, 2.24) is 20.4 Å². The molecular formula is C20H32FN5O4S. The van der Waals surface area contributed by atoms with Crippen molar-refractivity contribution in [3.05, 3.63) is 30.1 Å². The zero-order chi connectivity index (χ0) is 23.8. The van der Waals surface area contributed by atoms with Crippen molar-refractivity contribution in [3.8, 4) is 0 Å². The van der Waals surface area contributed by atoms with Gasteiger partial charge in [0.25, 0.3) is 5.91 Å². The van der Waals surface area contributed by atoms with Crippen LogP contribution < -0.4 is 15.5 Å². The van der Waals surface area contributed by atoms with Crippen LogP contribution >= 0.6 is 0 Å². The zero-order valence-electron chi connectivity index (χ0n) is 18.7. The molecule has 0 saturated carbocycles. The van der Waals surface area contributed by atoms with Crippen LogP contribution in [0.25, 0.3) is 0 Å². The average molecular weight is 458 g/mol. The van der Waals surface area contributed by atoms with Gasteiger partial charge in [-0.2, -0.15) is 9.82 Å². The first kappa shape index (κ1) is 26.7. The van der Waals surface area contributed by atoms with E-state index in [-0.39, 0.29) is 29.2 Å². The van der Waals surface area contributed by atoms with Crippen molar-refractivity contribution >= 4 is 28.1 Å². The highest BCUT2D eigenvalue weighted by molar-refractivity contribution is 7.89. The van der Waals surface area contributed by atoms with Crippen LogP contribution in [0.2, 0.25) is 0 Å². The largest absolute Gasteiger partial charge is 0.347 e. The molecule has 0 fully saturated rings. The van der Waals surface area contributed by atoms with E-state index < -0.39 is 33.8 Å². The second-order valence-corrected chi connectivity index (χ2v) is 9.84. The first-order valence-electron chi connectivity index (χ1n) is 9.88. The van der Waals surface area contributed by atoms with E-state index in [9.17, 15) is 22.4 Å². The summed E-state index contributed by atoms with van der Waals surface area (Å²) in [5.41, 5.74) is 2.38. The molecule has 0 saturated heterocycles. The second kappa shape index (κ2) is 11.9. The van der Waals surface area contributed by atoms with Crippen LogP contribution in [-0.2, 0) is 19.6 Å². The average Bonchev–Trinajstić information content (AvgIpc) is 2.64. The molecule has 2 atom stereocenters. The van der Waals surface area contributed by atoms with Crippen molar-refractivity contribution in [3.63, 3.8) is 0 Å². The van der Waals surface area contributed by atoms with E-state index >= 15 is 0 Å². The van der Waals surface area contributed by atoms with Gasteiger partial charge in [-0.25, -0.2) is 18.2 Å². The van der Waals surface area contributed by atoms with E-state index in [0.717, 1.165) is 24.3 Å². The molecule has 0 heterocycles. The lowest BCUT2D eigenvalue weighted by Crippen LogP contribution is -2.53. The van der Waals surface area contributed by atoms with Gasteiger partial charge in [0.05, 0.1) is 17.5 Å². The highest BCUT2D eigenvalue weighted by atomic mass is 32.2. The molecule has 31 heavy (non-hydrogen) atoms. The molecule has 1 aromatic carbocycles. The maximum atomic E-state index is 13.1. The minimum Gasteiger partial charge on any atom is -0.347 e. The molecule has 9 nitrogen and oxygen atoms in total. The molecule has 0 radical (unpaired) electrons. The number of carbonyl (C=O) groups is 2. The van der Waals surface area contributed by atoms with Gasteiger partial charge < -0.3 is 10.2 Å². The second-order valence-electron chi connectivity index (χ2n) is 8.13. The van der Waals surface area contributed by atoms with E-state index in [0.29, 0.717) is 0 Å². The Hall–Kier alpha value is -2.37. The number of benzene rings is 1. The lowest BCUT2D eigenvalue weighted by Gasteiger charge is -2.25. The molecule has 0 aromatic heterocycles. The number of nitrogens with one attached hydrogen (secondary N) is 3. The number of hydrogen-bond acceptors (Lipinski definition) is 6. The quantitative estimate of drug-likeness (QED) is 0.337. The normalized spacial score (nSPS) is 14.3. The highest BCUT2D eigenvalue weighted by Gasteiger charge is 2.30. The summed E-state index contributed by atoms with van der Waals surface area (Å²) >= 11 is 0. The van der Waals surface area contributed by atoms with E-state index in [2.05, 4.69) is 20.6 Å². The summed E-state index contributed by atoms with van der Waals surface area (Å²) in [6.07, 6.45) is 1.40. The van der Waals surface area contributed by atoms with Crippen LogP contribution in [0.1, 0.15) is 27.7 Å². The Bertz CT molecular complexity index is 870. The molecule has 0 aliphatic heterocycles. The minimum atomic E-state index is -4.03. The van der Waals surface area contributed by atoms with Crippen molar-refractivity contribution in [2.75, 3.05) is 20.6 Å². The molecule has 0 aliphatic carbocycles. The highest BCUT2D eigenvalue weighted by Crippen LogP contribution is 2.13. The molecule has 174 valence electrons. The van der Waals surface area contributed by atoms with E-state index in [1.54, 1.807) is 32.8 Å². The van der Waals surface area contributed by atoms with Gasteiger partial charge in [-0.1, -0.05) is 27.7 Å². The van der Waals surface area contributed by atoms with Gasteiger partial charge in [0.2, 0.25) is 15.9 Å². The van der Waals surface area contributed by atoms with Crippen molar-refractivity contribution < 1.29 is 22.4 Å².